The molecule has 1 aliphatic rings. The molecule has 13 nitrogen and oxygen atoms in total. The Labute approximate surface area is 259 Å². The zero-order valence-corrected chi connectivity index (χ0v) is 25.1. The van der Waals surface area contributed by atoms with Crippen LogP contribution in [0.1, 0.15) is 36.6 Å². The molecule has 3 aromatic carbocycles. The van der Waals surface area contributed by atoms with E-state index in [-0.39, 0.29) is 34.7 Å². The number of hydrogen-bond acceptors (Lipinski definition) is 11. The van der Waals surface area contributed by atoms with Gasteiger partial charge in [-0.2, -0.15) is 0 Å². The fourth-order valence-electron chi connectivity index (χ4n) is 4.86. The van der Waals surface area contributed by atoms with E-state index in [1.165, 1.54) is 48.1 Å². The lowest BCUT2D eigenvalue weighted by Gasteiger charge is -2.24. The van der Waals surface area contributed by atoms with Crippen LogP contribution >= 0.6 is 11.3 Å². The third kappa shape index (κ3) is 6.21. The molecule has 1 aromatic heterocycles. The summed E-state index contributed by atoms with van der Waals surface area (Å²) < 4.78 is 18.6. The maximum Gasteiger partial charge on any atom is 0.338 e. The molecule has 0 spiro atoms. The number of non-ortho nitro benzene ring substituents is 2. The first-order valence-corrected chi connectivity index (χ1v) is 14.4. The van der Waals surface area contributed by atoms with Gasteiger partial charge >= 0.3 is 5.97 Å². The van der Waals surface area contributed by atoms with Crippen molar-refractivity contribution in [1.29, 1.82) is 0 Å². The van der Waals surface area contributed by atoms with Gasteiger partial charge in [0.15, 0.2) is 16.3 Å². The molecule has 14 heteroatoms. The Morgan fingerprint density at radius 1 is 1.02 bits per heavy atom. The molecule has 0 saturated carbocycles. The number of aromatic nitrogens is 1. The molecule has 45 heavy (non-hydrogen) atoms. The Morgan fingerprint density at radius 2 is 1.67 bits per heavy atom. The number of hydrogen-bond donors (Lipinski definition) is 0. The average Bonchev–Trinajstić information content (AvgIpc) is 3.33. The van der Waals surface area contributed by atoms with Crippen LogP contribution in [0.2, 0.25) is 0 Å². The smallest absolute Gasteiger partial charge is 0.338 e. The van der Waals surface area contributed by atoms with Crippen LogP contribution in [0, 0.1) is 20.2 Å². The van der Waals surface area contributed by atoms with E-state index in [9.17, 15) is 29.8 Å². The molecule has 0 saturated heterocycles. The molecular formula is C31H26N4O9S. The molecule has 0 aliphatic carbocycles. The molecule has 5 rings (SSSR count). The third-order valence-electron chi connectivity index (χ3n) is 6.98. The molecule has 1 atom stereocenters. The van der Waals surface area contributed by atoms with Gasteiger partial charge in [0, 0.05) is 29.8 Å². The van der Waals surface area contributed by atoms with E-state index in [1.807, 2.05) is 0 Å². The lowest BCUT2D eigenvalue weighted by atomic mass is 9.95. The van der Waals surface area contributed by atoms with Crippen LogP contribution in [0.15, 0.2) is 87.8 Å². The van der Waals surface area contributed by atoms with Crippen molar-refractivity contribution in [3.63, 3.8) is 0 Å². The number of carbonyl (C=O) groups excluding carboxylic acids is 1. The number of nitro groups is 2. The number of rotatable bonds is 10. The van der Waals surface area contributed by atoms with Crippen molar-refractivity contribution >= 4 is 34.8 Å². The first kappa shape index (κ1) is 30.8. The SMILES string of the molecule is CCOC(=O)C1=C(C)N=c2s/c(=C/c3cccc(OC)c3OCc3ccc([N+](=O)[O-])cc3)c(=O)n2[C@@H]1c1ccc([N+](=O)[O-])cc1. The first-order valence-electron chi connectivity index (χ1n) is 13.6. The van der Waals surface area contributed by atoms with Gasteiger partial charge in [0.2, 0.25) is 0 Å². The molecule has 0 unspecified atom stereocenters. The number of benzene rings is 3. The molecule has 2 heterocycles. The van der Waals surface area contributed by atoms with Gasteiger partial charge in [-0.05, 0) is 61.4 Å². The second-order valence-electron chi connectivity index (χ2n) is 9.74. The molecule has 4 aromatic rings. The molecule has 0 bridgehead atoms. The van der Waals surface area contributed by atoms with Crippen molar-refractivity contribution in [2.75, 3.05) is 13.7 Å². The van der Waals surface area contributed by atoms with Gasteiger partial charge in [-0.15, -0.1) is 0 Å². The second-order valence-corrected chi connectivity index (χ2v) is 10.8. The third-order valence-corrected chi connectivity index (χ3v) is 7.97. The monoisotopic (exact) mass is 630 g/mol. The summed E-state index contributed by atoms with van der Waals surface area (Å²) in [6.45, 7) is 3.49. The van der Waals surface area contributed by atoms with Gasteiger partial charge in [0.05, 0.1) is 45.4 Å². The highest BCUT2D eigenvalue weighted by atomic mass is 32.1. The number of nitro benzene ring substituents is 2. The zero-order valence-electron chi connectivity index (χ0n) is 24.3. The number of para-hydroxylation sites is 1. The predicted octanol–water partition coefficient (Wildman–Crippen LogP) is 4.20. The summed E-state index contributed by atoms with van der Waals surface area (Å²) in [6.07, 6.45) is 1.63. The number of allylic oxidation sites excluding steroid dienone is 1. The number of fused-ring (bicyclic) bond motifs is 1. The van der Waals surface area contributed by atoms with E-state index in [0.29, 0.717) is 38.7 Å². The molecular weight excluding hydrogens is 604 g/mol. The van der Waals surface area contributed by atoms with Gasteiger partial charge in [0.1, 0.15) is 6.61 Å². The quantitative estimate of drug-likeness (QED) is 0.142. The minimum absolute atomic E-state index is 0.0412. The summed E-state index contributed by atoms with van der Waals surface area (Å²) in [4.78, 5) is 53.3. The maximum absolute atomic E-state index is 14.0. The number of esters is 1. The number of methoxy groups -OCH3 is 1. The van der Waals surface area contributed by atoms with Gasteiger partial charge in [-0.25, -0.2) is 9.79 Å². The standard InChI is InChI=1S/C31H26N4O9S/c1-4-43-30(37)26-18(2)32-31-33(27(26)20-10-14-23(15-11-20)35(40)41)29(36)25(45-31)16-21-6-5-7-24(42-3)28(21)44-17-19-8-12-22(13-9-19)34(38)39/h5-16,27H,4,17H2,1-3H3/b25-16+/t27-/m1/s1. The van der Waals surface area contributed by atoms with Crippen LogP contribution in [0.5, 0.6) is 11.5 Å². The van der Waals surface area contributed by atoms with Crippen LogP contribution in [0.4, 0.5) is 11.4 Å². The Bertz CT molecular complexity index is 2010. The average molecular weight is 631 g/mol. The predicted molar refractivity (Wildman–Crippen MR) is 164 cm³/mol. The largest absolute Gasteiger partial charge is 0.493 e. The van der Waals surface area contributed by atoms with E-state index in [2.05, 4.69) is 4.99 Å². The van der Waals surface area contributed by atoms with Gasteiger partial charge in [-0.3, -0.25) is 29.6 Å². The highest BCUT2D eigenvalue weighted by molar-refractivity contribution is 7.07. The van der Waals surface area contributed by atoms with Crippen molar-refractivity contribution in [3.8, 4) is 11.5 Å². The molecule has 230 valence electrons. The summed E-state index contributed by atoms with van der Waals surface area (Å²) in [7, 11) is 1.48. The number of carbonyl (C=O) groups is 1. The van der Waals surface area contributed by atoms with E-state index in [0.717, 1.165) is 11.3 Å². The minimum atomic E-state index is -0.938. The summed E-state index contributed by atoms with van der Waals surface area (Å²) in [5.74, 6) is 0.105. The van der Waals surface area contributed by atoms with Gasteiger partial charge in [0.25, 0.3) is 16.9 Å². The van der Waals surface area contributed by atoms with Crippen molar-refractivity contribution in [2.45, 2.75) is 26.5 Å². The van der Waals surface area contributed by atoms with Gasteiger partial charge < -0.3 is 14.2 Å². The van der Waals surface area contributed by atoms with E-state index in [1.54, 1.807) is 50.3 Å². The maximum atomic E-state index is 14.0. The van der Waals surface area contributed by atoms with Crippen molar-refractivity contribution in [2.24, 2.45) is 4.99 Å². The second kappa shape index (κ2) is 12.9. The summed E-state index contributed by atoms with van der Waals surface area (Å²) in [5.41, 5.74) is 1.57. The Morgan fingerprint density at radius 3 is 2.27 bits per heavy atom. The summed E-state index contributed by atoms with van der Waals surface area (Å²) >= 11 is 1.11. The topological polar surface area (TPSA) is 165 Å². The highest BCUT2D eigenvalue weighted by Crippen LogP contribution is 2.34. The van der Waals surface area contributed by atoms with Crippen LogP contribution in [-0.4, -0.2) is 34.1 Å². The van der Waals surface area contributed by atoms with Crippen LogP contribution in [0.3, 0.4) is 0 Å². The molecule has 1 aliphatic heterocycles. The fourth-order valence-corrected chi connectivity index (χ4v) is 5.90. The lowest BCUT2D eigenvalue weighted by Crippen LogP contribution is -2.39. The number of ether oxygens (including phenoxy) is 3. The van der Waals surface area contributed by atoms with Crippen molar-refractivity contribution in [3.05, 3.63) is 135 Å². The minimum Gasteiger partial charge on any atom is -0.493 e. The van der Waals surface area contributed by atoms with E-state index >= 15 is 0 Å². The van der Waals surface area contributed by atoms with Gasteiger partial charge in [-0.1, -0.05) is 23.5 Å². The van der Waals surface area contributed by atoms with Crippen LogP contribution < -0.4 is 24.4 Å². The Balaban J connectivity index is 1.60. The van der Waals surface area contributed by atoms with Crippen LogP contribution in [0.25, 0.3) is 6.08 Å². The molecule has 0 N–H and O–H groups in total. The van der Waals surface area contributed by atoms with E-state index in [4.69, 9.17) is 14.2 Å². The normalized spacial score (nSPS) is 14.4. The first-order chi connectivity index (χ1) is 21.6. The number of thiazole rings is 1. The lowest BCUT2D eigenvalue weighted by molar-refractivity contribution is -0.385. The highest BCUT2D eigenvalue weighted by Gasteiger charge is 2.33. The molecule has 0 fully saturated rings. The van der Waals surface area contributed by atoms with E-state index < -0.39 is 27.4 Å². The molecule has 0 radical (unpaired) electrons. The summed E-state index contributed by atoms with van der Waals surface area (Å²) in [5, 5.41) is 22.3. The Kier molecular flexibility index (Phi) is 8.86. The van der Waals surface area contributed by atoms with Crippen molar-refractivity contribution in [1.82, 2.24) is 4.57 Å². The Hall–Kier alpha value is -5.63. The number of nitrogens with zero attached hydrogens (tertiary/aromatic N) is 4. The fraction of sp³-hybridized carbons (Fsp3) is 0.194. The van der Waals surface area contributed by atoms with Crippen LogP contribution in [-0.2, 0) is 16.1 Å². The zero-order chi connectivity index (χ0) is 32.2. The molecule has 0 amide bonds. The summed E-state index contributed by atoms with van der Waals surface area (Å²) in [6, 6.07) is 15.8. The van der Waals surface area contributed by atoms with Crippen molar-refractivity contribution < 1.29 is 28.9 Å².